The third-order valence-corrected chi connectivity index (χ3v) is 8.03. The van der Waals surface area contributed by atoms with Crippen molar-refractivity contribution in [1.82, 2.24) is 14.7 Å². The van der Waals surface area contributed by atoms with Gasteiger partial charge in [0.15, 0.2) is 0 Å². The number of carbonyl (C=O) groups excluding carboxylic acids is 5. The fraction of sp³-hybridized carbons (Fsp3) is 0.500. The van der Waals surface area contributed by atoms with Crippen molar-refractivity contribution in [2.45, 2.75) is 51.6 Å². The molecule has 4 atom stereocenters. The lowest BCUT2D eigenvalue weighted by Gasteiger charge is -2.41. The number of hydrogen-bond acceptors (Lipinski definition) is 15. The first-order valence-electron chi connectivity index (χ1n) is 15.8. The number of benzene rings is 2. The summed E-state index contributed by atoms with van der Waals surface area (Å²) < 4.78 is 11.1. The molecule has 2 rings (SSSR count). The molecule has 0 aliphatic carbocycles. The van der Waals surface area contributed by atoms with Crippen LogP contribution in [-0.4, -0.2) is 115 Å². The van der Waals surface area contributed by atoms with E-state index in [0.717, 1.165) is 20.9 Å². The summed E-state index contributed by atoms with van der Waals surface area (Å²) in [5, 5.41) is 59.9. The van der Waals surface area contributed by atoms with E-state index in [-0.39, 0.29) is 39.4 Å². The number of rotatable bonds is 26. The average Bonchev–Trinajstić information content (AvgIpc) is 3.05. The molecule has 0 aliphatic heterocycles. The normalized spacial score (nSPS) is 14.0. The Balaban J connectivity index is 2.28. The minimum Gasteiger partial charge on any atom is -0.549 e. The Bertz CT molecular complexity index is 1240. The third kappa shape index (κ3) is 14.7. The maximum atomic E-state index is 12.4. The molecule has 15 nitrogen and oxygen atoms in total. The van der Waals surface area contributed by atoms with Gasteiger partial charge in [-0.2, -0.15) is 0 Å². The summed E-state index contributed by atoms with van der Waals surface area (Å²) in [6, 6.07) is 13.2. The van der Waals surface area contributed by atoms with E-state index in [9.17, 15) is 49.5 Å². The summed E-state index contributed by atoms with van der Waals surface area (Å²) in [5.74, 6) is -8.50. The van der Waals surface area contributed by atoms with Crippen LogP contribution in [0.3, 0.4) is 0 Å². The van der Waals surface area contributed by atoms with Crippen molar-refractivity contribution < 1.29 is 59.0 Å². The van der Waals surface area contributed by atoms with Crippen molar-refractivity contribution in [1.29, 1.82) is 0 Å². The monoisotopic (exact) mass is 684 g/mol. The molecular formula is C34H42N3O12-5. The topological polar surface area (TPSA) is 229 Å². The molecule has 0 amide bonds. The standard InChI is InChI=1S/C34H47N3O12/c1-3-24(2)31(34(46)47)35(14-16-36(18-29(38)39)27(32(42)43)22-48-20-25-10-6-4-7-11-25)15-17-37(19-30(40)41)28(33(44)45)23-49-21-26-12-8-5-9-13-26/h4-13,24,27-28,31H,3,14-23H2,1-2H3,(H,38,39)(H,40,41)(H,42,43)(H,44,45)(H,46,47)/p-5. The molecule has 0 saturated carbocycles. The molecule has 15 heteroatoms. The van der Waals surface area contributed by atoms with Gasteiger partial charge in [0.1, 0.15) is 0 Å². The van der Waals surface area contributed by atoms with Gasteiger partial charge in [-0.25, -0.2) is 0 Å². The van der Waals surface area contributed by atoms with Gasteiger partial charge < -0.3 is 59.0 Å². The number of carboxylic acid groups (broad SMARTS) is 5. The summed E-state index contributed by atoms with van der Waals surface area (Å²) in [4.78, 5) is 63.3. The molecule has 0 spiro atoms. The molecular weight excluding hydrogens is 642 g/mol. The van der Waals surface area contributed by atoms with Crippen molar-refractivity contribution in [3.8, 4) is 0 Å². The molecule has 0 aromatic heterocycles. The van der Waals surface area contributed by atoms with Crippen molar-refractivity contribution in [2.75, 3.05) is 52.5 Å². The van der Waals surface area contributed by atoms with Gasteiger partial charge in [-0.3, -0.25) is 14.7 Å². The third-order valence-electron chi connectivity index (χ3n) is 8.03. The van der Waals surface area contributed by atoms with Crippen molar-refractivity contribution in [3.05, 3.63) is 71.8 Å². The van der Waals surface area contributed by atoms with Crippen LogP contribution in [0.2, 0.25) is 0 Å². The van der Waals surface area contributed by atoms with Crippen molar-refractivity contribution in [2.24, 2.45) is 5.92 Å². The zero-order valence-corrected chi connectivity index (χ0v) is 27.6. The number of ether oxygens (including phenoxy) is 2. The summed E-state index contributed by atoms with van der Waals surface area (Å²) in [6.45, 7) is -0.380. The van der Waals surface area contributed by atoms with Gasteiger partial charge >= 0.3 is 0 Å². The van der Waals surface area contributed by atoms with Gasteiger partial charge in [-0.05, 0) is 17.0 Å². The molecule has 0 aliphatic rings. The quantitative estimate of drug-likeness (QED) is 0.0906. The Morgan fingerprint density at radius 2 is 0.959 bits per heavy atom. The Hall–Kier alpha value is -4.41. The molecule has 0 radical (unpaired) electrons. The van der Waals surface area contributed by atoms with E-state index in [1.807, 2.05) is 0 Å². The minimum atomic E-state index is -1.63. The van der Waals surface area contributed by atoms with Crippen LogP contribution >= 0.6 is 0 Å². The van der Waals surface area contributed by atoms with E-state index in [1.165, 1.54) is 4.90 Å². The van der Waals surface area contributed by atoms with Gasteiger partial charge in [-0.15, -0.1) is 0 Å². The van der Waals surface area contributed by atoms with Crippen LogP contribution in [0.15, 0.2) is 60.7 Å². The van der Waals surface area contributed by atoms with Crippen LogP contribution in [0.5, 0.6) is 0 Å². The lowest BCUT2D eigenvalue weighted by atomic mass is 9.97. The average molecular weight is 685 g/mol. The second-order valence-electron chi connectivity index (χ2n) is 11.5. The molecule has 2 aromatic carbocycles. The Kier molecular flexibility index (Phi) is 17.9. The van der Waals surface area contributed by atoms with E-state index in [0.29, 0.717) is 6.42 Å². The van der Waals surface area contributed by atoms with Gasteiger partial charge in [-0.1, -0.05) is 80.9 Å². The number of carboxylic acids is 5. The van der Waals surface area contributed by atoms with Crippen LogP contribution in [0.4, 0.5) is 0 Å². The summed E-state index contributed by atoms with van der Waals surface area (Å²) in [5.41, 5.74) is 1.48. The van der Waals surface area contributed by atoms with Crippen LogP contribution in [0, 0.1) is 5.92 Å². The Labute approximate surface area is 285 Å². The first kappa shape index (κ1) is 40.8. The van der Waals surface area contributed by atoms with Crippen molar-refractivity contribution >= 4 is 29.8 Å². The van der Waals surface area contributed by atoms with Gasteiger partial charge in [0.2, 0.25) is 0 Å². The lowest BCUT2D eigenvalue weighted by Crippen LogP contribution is -2.59. The molecule has 2 aromatic rings. The highest BCUT2D eigenvalue weighted by Crippen LogP contribution is 2.16. The van der Waals surface area contributed by atoms with Crippen LogP contribution in [0.25, 0.3) is 0 Å². The highest BCUT2D eigenvalue weighted by molar-refractivity contribution is 5.74. The van der Waals surface area contributed by atoms with E-state index < -0.39 is 80.2 Å². The smallest absolute Gasteiger partial charge is 0.0734 e. The lowest BCUT2D eigenvalue weighted by molar-refractivity contribution is -0.318. The van der Waals surface area contributed by atoms with Crippen LogP contribution < -0.4 is 25.5 Å². The molecule has 270 valence electrons. The number of hydrogen-bond donors (Lipinski definition) is 0. The molecule has 0 N–H and O–H groups in total. The maximum absolute atomic E-state index is 12.4. The van der Waals surface area contributed by atoms with E-state index in [4.69, 9.17) is 9.47 Å². The largest absolute Gasteiger partial charge is 0.549 e. The Morgan fingerprint density at radius 3 is 1.27 bits per heavy atom. The summed E-state index contributed by atoms with van der Waals surface area (Å²) >= 11 is 0. The molecule has 0 fully saturated rings. The van der Waals surface area contributed by atoms with Crippen LogP contribution in [-0.2, 0) is 46.7 Å². The Morgan fingerprint density at radius 1 is 0.592 bits per heavy atom. The number of nitrogens with zero attached hydrogens (tertiary/aromatic N) is 3. The van der Waals surface area contributed by atoms with E-state index in [2.05, 4.69) is 0 Å². The summed E-state index contributed by atoms with van der Waals surface area (Å²) in [7, 11) is 0. The molecule has 0 bridgehead atoms. The second-order valence-corrected chi connectivity index (χ2v) is 11.5. The van der Waals surface area contributed by atoms with E-state index >= 15 is 0 Å². The predicted molar refractivity (Wildman–Crippen MR) is 163 cm³/mol. The highest BCUT2D eigenvalue weighted by atomic mass is 16.5. The fourth-order valence-electron chi connectivity index (χ4n) is 5.26. The molecule has 4 unspecified atom stereocenters. The zero-order chi connectivity index (χ0) is 36.3. The number of carbonyl (C=O) groups is 5. The van der Waals surface area contributed by atoms with Gasteiger partial charge in [0.25, 0.3) is 0 Å². The SMILES string of the molecule is CCC(C)C(C(=O)[O-])N(CCN(CC(=O)[O-])C(COCc1ccccc1)C(=O)[O-])CCN(CC(=O)[O-])C(COCc1ccccc1)C(=O)[O-]. The molecule has 0 saturated heterocycles. The van der Waals surface area contributed by atoms with Gasteiger partial charge in [0.05, 0.1) is 74.4 Å². The van der Waals surface area contributed by atoms with Crippen LogP contribution in [0.1, 0.15) is 31.4 Å². The first-order valence-corrected chi connectivity index (χ1v) is 15.8. The zero-order valence-electron chi connectivity index (χ0n) is 27.6. The van der Waals surface area contributed by atoms with Gasteiger partial charge in [0, 0.05) is 39.3 Å². The minimum absolute atomic E-state index is 0.0274. The van der Waals surface area contributed by atoms with Crippen molar-refractivity contribution in [3.63, 3.8) is 0 Å². The fourth-order valence-corrected chi connectivity index (χ4v) is 5.26. The predicted octanol–water partition coefficient (Wildman–Crippen LogP) is -4.77. The molecule has 49 heavy (non-hydrogen) atoms. The first-order chi connectivity index (χ1) is 23.3. The molecule has 0 heterocycles. The second kappa shape index (κ2) is 21.5. The van der Waals surface area contributed by atoms with E-state index in [1.54, 1.807) is 74.5 Å². The maximum Gasteiger partial charge on any atom is 0.0734 e. The number of aliphatic carboxylic acids is 5. The highest BCUT2D eigenvalue weighted by Gasteiger charge is 2.29. The summed E-state index contributed by atoms with van der Waals surface area (Å²) in [6.07, 6.45) is 0.366.